The van der Waals surface area contributed by atoms with Crippen molar-refractivity contribution in [3.63, 3.8) is 0 Å². The molecule has 0 saturated carbocycles. The van der Waals surface area contributed by atoms with Crippen LogP contribution in [0.4, 0.5) is 0 Å². The third-order valence-corrected chi connectivity index (χ3v) is 14.5. The summed E-state index contributed by atoms with van der Waals surface area (Å²) in [6.45, 7) is 14.5. The molecule has 11 rings (SSSR count). The van der Waals surface area contributed by atoms with Crippen LogP contribution < -0.4 is 0 Å². The van der Waals surface area contributed by atoms with Crippen molar-refractivity contribution in [1.82, 2.24) is 24.1 Å². The number of hydrogen-bond acceptors (Lipinski definition) is 4. The Labute approximate surface area is 355 Å². The maximum absolute atomic E-state index is 9.58. The highest BCUT2D eigenvalue weighted by Crippen LogP contribution is 2.63. The third kappa shape index (κ3) is 5.17. The third-order valence-electron chi connectivity index (χ3n) is 14.5. The second-order valence-corrected chi connectivity index (χ2v) is 18.0. The van der Waals surface area contributed by atoms with Gasteiger partial charge >= 0.3 is 0 Å². The molecule has 10 aromatic rings. The lowest BCUT2D eigenvalue weighted by Crippen LogP contribution is -2.42. The van der Waals surface area contributed by atoms with Gasteiger partial charge in [-0.15, -0.1) is 0 Å². The highest BCUT2D eigenvalue weighted by molar-refractivity contribution is 6.28. The molecule has 1 aliphatic carbocycles. The Balaban J connectivity index is 1.18. The van der Waals surface area contributed by atoms with Crippen molar-refractivity contribution in [2.45, 2.75) is 52.4 Å². The maximum atomic E-state index is 9.58. The van der Waals surface area contributed by atoms with Gasteiger partial charge in [0.15, 0.2) is 11.6 Å². The van der Waals surface area contributed by atoms with E-state index in [1.165, 1.54) is 33.1 Å². The molecule has 3 aromatic heterocycles. The molecule has 294 valence electrons. The molecule has 0 radical (unpaired) electrons. The van der Waals surface area contributed by atoms with Gasteiger partial charge in [0, 0.05) is 32.7 Å². The summed E-state index contributed by atoms with van der Waals surface area (Å²) in [5, 5.41) is 14.3. The molecule has 6 heteroatoms. The van der Waals surface area contributed by atoms with Crippen LogP contribution in [0.3, 0.4) is 0 Å². The van der Waals surface area contributed by atoms with Crippen molar-refractivity contribution in [3.8, 4) is 51.6 Å². The van der Waals surface area contributed by atoms with Crippen LogP contribution >= 0.6 is 0 Å². The highest BCUT2D eigenvalue weighted by Gasteiger charge is 2.57. The van der Waals surface area contributed by atoms with E-state index in [1.807, 2.05) is 30.3 Å². The number of para-hydroxylation sites is 2. The molecule has 0 amide bonds. The molecular weight excluding hydrogens is 745 g/mol. The van der Waals surface area contributed by atoms with Gasteiger partial charge in [-0.1, -0.05) is 145 Å². The maximum Gasteiger partial charge on any atom is 0.238 e. The van der Waals surface area contributed by atoms with Gasteiger partial charge in [0.1, 0.15) is 0 Å². The van der Waals surface area contributed by atoms with E-state index >= 15 is 0 Å². The average Bonchev–Trinajstić information content (AvgIpc) is 3.84. The molecule has 0 fully saturated rings. The lowest BCUT2D eigenvalue weighted by atomic mass is 9.59. The topological polar surface area (TPSA) is 72.3 Å². The first-order valence-electron chi connectivity index (χ1n) is 21.0. The van der Waals surface area contributed by atoms with Crippen LogP contribution in [0.2, 0.25) is 0 Å². The van der Waals surface area contributed by atoms with Crippen LogP contribution in [-0.4, -0.2) is 24.1 Å². The van der Waals surface area contributed by atoms with Gasteiger partial charge in [-0.2, -0.15) is 15.2 Å². The quantitative estimate of drug-likeness (QED) is 0.174. The van der Waals surface area contributed by atoms with Crippen LogP contribution in [0.25, 0.3) is 89.2 Å². The Morgan fingerprint density at radius 3 is 1.56 bits per heavy atom. The van der Waals surface area contributed by atoms with E-state index in [4.69, 9.17) is 15.0 Å². The van der Waals surface area contributed by atoms with E-state index < -0.39 is 0 Å². The lowest BCUT2D eigenvalue weighted by Gasteiger charge is -2.44. The summed E-state index contributed by atoms with van der Waals surface area (Å²) in [5.41, 5.74) is 12.9. The fraction of sp³-hybridized carbons (Fsp3) is 0.164. The lowest BCUT2D eigenvalue weighted by molar-refractivity contribution is 0.125. The summed E-state index contributed by atoms with van der Waals surface area (Å²) in [7, 11) is 0. The zero-order chi connectivity index (χ0) is 41.8. The zero-order valence-electron chi connectivity index (χ0n) is 35.2. The summed E-state index contributed by atoms with van der Waals surface area (Å²) < 4.78 is 4.71. The SMILES string of the molecule is CC1(C)c2cccc(-n3c4ccccc4c4c5c6ccccc6n(-c6nc(-c7ccc(C#N)cc7)nc(-c7ccc(-c8ccccc8)cc7)n6)c5ccc43)c2C(C)(C)C1(C)C. The predicted molar refractivity (Wildman–Crippen MR) is 249 cm³/mol. The van der Waals surface area contributed by atoms with Gasteiger partial charge in [0.05, 0.1) is 39.4 Å². The van der Waals surface area contributed by atoms with E-state index in [0.717, 1.165) is 49.6 Å². The minimum atomic E-state index is -0.0921. The van der Waals surface area contributed by atoms with Crippen molar-refractivity contribution in [1.29, 1.82) is 5.26 Å². The minimum absolute atomic E-state index is 0.0157. The van der Waals surface area contributed by atoms with Crippen LogP contribution in [-0.2, 0) is 10.8 Å². The Hall–Kier alpha value is -7.36. The van der Waals surface area contributed by atoms with Crippen LogP contribution in [0.1, 0.15) is 58.2 Å². The monoisotopic (exact) mass is 788 g/mol. The molecule has 3 heterocycles. The van der Waals surface area contributed by atoms with Crippen LogP contribution in [0, 0.1) is 16.7 Å². The molecule has 0 aliphatic heterocycles. The molecule has 7 aromatic carbocycles. The normalized spacial score (nSPS) is 15.1. The Bertz CT molecular complexity index is 3430. The molecule has 6 nitrogen and oxygen atoms in total. The predicted octanol–water partition coefficient (Wildman–Crippen LogP) is 13.5. The molecule has 0 N–H and O–H groups in total. The van der Waals surface area contributed by atoms with Gasteiger partial charge < -0.3 is 4.57 Å². The number of nitriles is 1. The average molecular weight is 789 g/mol. The van der Waals surface area contributed by atoms with E-state index in [-0.39, 0.29) is 16.2 Å². The summed E-state index contributed by atoms with van der Waals surface area (Å²) in [6, 6.07) is 57.3. The molecule has 1 aliphatic rings. The molecule has 0 bridgehead atoms. The van der Waals surface area contributed by atoms with E-state index in [1.54, 1.807) is 0 Å². The second kappa shape index (κ2) is 13.1. The Kier molecular flexibility index (Phi) is 7.86. The van der Waals surface area contributed by atoms with Gasteiger partial charge in [0.2, 0.25) is 5.95 Å². The Morgan fingerprint density at radius 2 is 0.951 bits per heavy atom. The summed E-state index contributed by atoms with van der Waals surface area (Å²) in [5.74, 6) is 1.63. The van der Waals surface area contributed by atoms with Gasteiger partial charge in [-0.3, -0.25) is 4.57 Å². The Morgan fingerprint density at radius 1 is 0.443 bits per heavy atom. The minimum Gasteiger partial charge on any atom is -0.309 e. The second-order valence-electron chi connectivity index (χ2n) is 18.0. The van der Waals surface area contributed by atoms with Crippen molar-refractivity contribution >= 4 is 43.6 Å². The number of benzene rings is 7. The number of rotatable bonds is 5. The molecule has 0 atom stereocenters. The smallest absolute Gasteiger partial charge is 0.238 e. The first kappa shape index (κ1) is 36.7. The van der Waals surface area contributed by atoms with Gasteiger partial charge in [0.25, 0.3) is 0 Å². The van der Waals surface area contributed by atoms with E-state index in [9.17, 15) is 5.26 Å². The fourth-order valence-electron chi connectivity index (χ4n) is 10.2. The summed E-state index contributed by atoms with van der Waals surface area (Å²) in [4.78, 5) is 15.6. The van der Waals surface area contributed by atoms with Gasteiger partial charge in [-0.25, -0.2) is 4.98 Å². The summed E-state index contributed by atoms with van der Waals surface area (Å²) in [6.07, 6.45) is 0. The zero-order valence-corrected chi connectivity index (χ0v) is 35.2. The standard InChI is InChI=1S/C55H44N6/c1-53(2)41-19-14-22-46(49(41)54(3,4)55(53,5)6)60-42-20-12-10-17-39(42)47-44(60)31-32-45-48(47)40-18-11-13-21-43(40)61(45)52-58-50(37-25-23-34(33-56)24-26-37)57-51(59-52)38-29-27-36(28-30-38)35-15-8-7-9-16-35/h7-32H,1-6H3. The number of aromatic nitrogens is 5. The number of fused-ring (bicyclic) bond motifs is 8. The van der Waals surface area contributed by atoms with Crippen molar-refractivity contribution < 1.29 is 0 Å². The van der Waals surface area contributed by atoms with Crippen molar-refractivity contribution in [2.24, 2.45) is 5.41 Å². The highest BCUT2D eigenvalue weighted by atomic mass is 15.2. The van der Waals surface area contributed by atoms with Crippen molar-refractivity contribution in [2.75, 3.05) is 0 Å². The van der Waals surface area contributed by atoms with Crippen LogP contribution in [0.15, 0.2) is 158 Å². The molecule has 0 unspecified atom stereocenters. The van der Waals surface area contributed by atoms with E-state index in [2.05, 4.69) is 184 Å². The van der Waals surface area contributed by atoms with Crippen LogP contribution in [0.5, 0.6) is 0 Å². The largest absolute Gasteiger partial charge is 0.309 e. The molecule has 61 heavy (non-hydrogen) atoms. The van der Waals surface area contributed by atoms with Crippen molar-refractivity contribution in [3.05, 3.63) is 174 Å². The molecular formula is C55H44N6. The first-order valence-corrected chi connectivity index (χ1v) is 21.0. The fourth-order valence-corrected chi connectivity index (χ4v) is 10.2. The first-order chi connectivity index (χ1) is 29.5. The number of nitrogens with zero attached hydrogens (tertiary/aromatic N) is 6. The number of hydrogen-bond donors (Lipinski definition) is 0. The van der Waals surface area contributed by atoms with Gasteiger partial charge in [-0.05, 0) is 93.1 Å². The summed E-state index contributed by atoms with van der Waals surface area (Å²) >= 11 is 0. The molecule has 0 saturated heterocycles. The van der Waals surface area contributed by atoms with E-state index in [0.29, 0.717) is 23.2 Å². The molecule has 0 spiro atoms.